The number of carboxylic acids is 1. The Balaban J connectivity index is 2.12. The van der Waals surface area contributed by atoms with E-state index in [-0.39, 0.29) is 6.42 Å². The van der Waals surface area contributed by atoms with Crippen LogP contribution in [0.25, 0.3) is 16.9 Å². The number of carboxylic acid groups (broad SMARTS) is 1. The van der Waals surface area contributed by atoms with E-state index >= 15 is 0 Å². The van der Waals surface area contributed by atoms with Crippen molar-refractivity contribution in [3.63, 3.8) is 0 Å². The van der Waals surface area contributed by atoms with Crippen LogP contribution in [-0.4, -0.2) is 22.8 Å². The van der Waals surface area contributed by atoms with Gasteiger partial charge in [-0.3, -0.25) is 4.79 Å². The molecule has 0 unspecified atom stereocenters. The van der Waals surface area contributed by atoms with Crippen molar-refractivity contribution in [3.05, 3.63) is 70.9 Å². The van der Waals surface area contributed by atoms with Crippen molar-refractivity contribution in [2.45, 2.75) is 12.8 Å². The van der Waals surface area contributed by atoms with Crippen LogP contribution in [0.1, 0.15) is 17.7 Å². The van der Waals surface area contributed by atoms with Gasteiger partial charge in [-0.05, 0) is 66.6 Å². The predicted octanol–water partition coefficient (Wildman–Crippen LogP) is 4.70. The first-order valence-corrected chi connectivity index (χ1v) is 8.68. The molecule has 0 amide bonds. The van der Waals surface area contributed by atoms with Crippen molar-refractivity contribution in [3.8, 4) is 28.8 Å². The van der Waals surface area contributed by atoms with Gasteiger partial charge in [-0.1, -0.05) is 11.6 Å². The maximum atomic E-state index is 11.0. The van der Waals surface area contributed by atoms with Crippen LogP contribution in [0.2, 0.25) is 5.02 Å². The zero-order valence-corrected chi connectivity index (χ0v) is 15.4. The molecule has 0 saturated heterocycles. The smallest absolute Gasteiger partial charge is 0.303 e. The number of benzene rings is 2. The van der Waals surface area contributed by atoms with E-state index in [0.29, 0.717) is 17.0 Å². The molecule has 136 valence electrons. The van der Waals surface area contributed by atoms with Gasteiger partial charge in [-0.2, -0.15) is 5.26 Å². The molecule has 0 saturated carbocycles. The molecule has 1 aromatic heterocycles. The third-order valence-electron chi connectivity index (χ3n) is 4.27. The molecule has 0 aliphatic rings. The summed E-state index contributed by atoms with van der Waals surface area (Å²) in [6.07, 6.45) is 0.402. The highest BCUT2D eigenvalue weighted by Gasteiger charge is 2.14. The van der Waals surface area contributed by atoms with E-state index < -0.39 is 5.97 Å². The first kappa shape index (κ1) is 18.6. The van der Waals surface area contributed by atoms with E-state index in [2.05, 4.69) is 0 Å². The normalized spacial score (nSPS) is 10.4. The van der Waals surface area contributed by atoms with E-state index in [4.69, 9.17) is 26.7 Å². The summed E-state index contributed by atoms with van der Waals surface area (Å²) >= 11 is 6.22. The maximum absolute atomic E-state index is 11.0. The molecule has 0 atom stereocenters. The van der Waals surface area contributed by atoms with Gasteiger partial charge >= 0.3 is 5.97 Å². The van der Waals surface area contributed by atoms with Gasteiger partial charge in [0.05, 0.1) is 29.8 Å². The molecule has 0 aliphatic heterocycles. The van der Waals surface area contributed by atoms with E-state index in [0.717, 1.165) is 28.4 Å². The van der Waals surface area contributed by atoms with Crippen LogP contribution in [0.3, 0.4) is 0 Å². The highest BCUT2D eigenvalue weighted by atomic mass is 35.5. The first-order chi connectivity index (χ1) is 13.0. The Morgan fingerprint density at radius 1 is 1.19 bits per heavy atom. The number of hydrogen-bond acceptors (Lipinski definition) is 3. The summed E-state index contributed by atoms with van der Waals surface area (Å²) < 4.78 is 7.18. The van der Waals surface area contributed by atoms with Crippen LogP contribution in [0.4, 0.5) is 0 Å². The van der Waals surface area contributed by atoms with Gasteiger partial charge in [0.1, 0.15) is 11.8 Å². The second-order valence-electron chi connectivity index (χ2n) is 5.94. The lowest BCUT2D eigenvalue weighted by Gasteiger charge is -2.15. The molecule has 1 N–H and O–H groups in total. The summed E-state index contributed by atoms with van der Waals surface area (Å²) in [5.74, 6) is -0.101. The number of carbonyl (C=O) groups is 1. The fourth-order valence-corrected chi connectivity index (χ4v) is 3.15. The van der Waals surface area contributed by atoms with Crippen molar-refractivity contribution >= 4 is 17.6 Å². The number of aromatic nitrogens is 1. The summed E-state index contributed by atoms with van der Waals surface area (Å²) in [6.45, 7) is 0. The average molecular weight is 381 g/mol. The Bertz CT molecular complexity index is 1020. The van der Waals surface area contributed by atoms with E-state index in [1.165, 1.54) is 0 Å². The largest absolute Gasteiger partial charge is 0.497 e. The average Bonchev–Trinajstić information content (AvgIpc) is 3.10. The van der Waals surface area contributed by atoms with Crippen LogP contribution < -0.4 is 4.74 Å². The quantitative estimate of drug-likeness (QED) is 0.672. The lowest BCUT2D eigenvalue weighted by atomic mass is 10.1. The minimum absolute atomic E-state index is 0.0239. The monoisotopic (exact) mass is 380 g/mol. The molecule has 0 spiro atoms. The predicted molar refractivity (Wildman–Crippen MR) is 103 cm³/mol. The fraction of sp³-hybridized carbons (Fsp3) is 0.143. The van der Waals surface area contributed by atoms with E-state index in [1.54, 1.807) is 19.2 Å². The molecule has 1 heterocycles. The van der Waals surface area contributed by atoms with Gasteiger partial charge in [-0.15, -0.1) is 0 Å². The lowest BCUT2D eigenvalue weighted by Crippen LogP contribution is -2.05. The van der Waals surface area contributed by atoms with Crippen molar-refractivity contribution < 1.29 is 14.6 Å². The van der Waals surface area contributed by atoms with Gasteiger partial charge in [0.25, 0.3) is 0 Å². The molecule has 6 heteroatoms. The van der Waals surface area contributed by atoms with Gasteiger partial charge in [0, 0.05) is 11.4 Å². The summed E-state index contributed by atoms with van der Waals surface area (Å²) in [7, 11) is 1.61. The Kier molecular flexibility index (Phi) is 5.49. The number of rotatable bonds is 6. The number of ether oxygens (including phenoxy) is 1. The van der Waals surface area contributed by atoms with Crippen LogP contribution in [0, 0.1) is 11.3 Å². The van der Waals surface area contributed by atoms with Crippen molar-refractivity contribution in [2.24, 2.45) is 0 Å². The molecule has 5 nitrogen and oxygen atoms in total. The summed E-state index contributed by atoms with van der Waals surface area (Å²) in [5.41, 5.74) is 3.88. The fourth-order valence-electron chi connectivity index (χ4n) is 2.93. The van der Waals surface area contributed by atoms with Gasteiger partial charge in [-0.25, -0.2) is 0 Å². The van der Waals surface area contributed by atoms with Crippen LogP contribution in [-0.2, 0) is 11.2 Å². The third-order valence-corrected chi connectivity index (χ3v) is 4.59. The zero-order valence-electron chi connectivity index (χ0n) is 14.6. The molecule has 0 bridgehead atoms. The minimum atomic E-state index is -0.855. The second-order valence-corrected chi connectivity index (χ2v) is 6.35. The number of hydrogen-bond donors (Lipinski definition) is 1. The zero-order chi connectivity index (χ0) is 19.4. The minimum Gasteiger partial charge on any atom is -0.497 e. The SMILES string of the molecule is COc1ccc(-c2ccc(CCC(=O)O)n2-c2ccc(C#N)c(Cl)c2)cc1. The molecule has 3 aromatic rings. The number of aryl methyl sites for hydroxylation is 1. The van der Waals surface area contributed by atoms with Gasteiger partial charge in [0.15, 0.2) is 0 Å². The van der Waals surface area contributed by atoms with Crippen molar-refractivity contribution in [1.29, 1.82) is 5.26 Å². The number of aliphatic carboxylic acids is 1. The molecular weight excluding hydrogens is 364 g/mol. The summed E-state index contributed by atoms with van der Waals surface area (Å²) in [6, 6.07) is 18.7. The van der Waals surface area contributed by atoms with E-state index in [1.807, 2.05) is 53.1 Å². The molecule has 27 heavy (non-hydrogen) atoms. The Hall–Kier alpha value is -3.23. The Morgan fingerprint density at radius 3 is 2.52 bits per heavy atom. The Labute approximate surface area is 162 Å². The number of halogens is 1. The van der Waals surface area contributed by atoms with Crippen LogP contribution in [0.15, 0.2) is 54.6 Å². The van der Waals surface area contributed by atoms with Crippen molar-refractivity contribution in [2.75, 3.05) is 7.11 Å². The number of nitriles is 1. The lowest BCUT2D eigenvalue weighted by molar-refractivity contribution is -0.136. The number of methoxy groups -OCH3 is 1. The van der Waals surface area contributed by atoms with Crippen LogP contribution in [0.5, 0.6) is 5.75 Å². The topological polar surface area (TPSA) is 75.2 Å². The number of nitrogens with zero attached hydrogens (tertiary/aromatic N) is 2. The standard InChI is InChI=1S/C21H17ClN2O3/c1-27-18-8-3-14(4-9-18)20-10-6-16(7-11-21(25)26)24(20)17-5-2-15(13-23)19(22)12-17/h2-6,8-10,12H,7,11H2,1H3,(H,25,26). The second kappa shape index (κ2) is 7.98. The maximum Gasteiger partial charge on any atom is 0.303 e. The molecule has 0 fully saturated rings. The van der Waals surface area contributed by atoms with Gasteiger partial charge < -0.3 is 14.4 Å². The summed E-state index contributed by atoms with van der Waals surface area (Å²) in [5, 5.41) is 18.5. The van der Waals surface area contributed by atoms with E-state index in [9.17, 15) is 4.79 Å². The molecular formula is C21H17ClN2O3. The molecule has 0 radical (unpaired) electrons. The third kappa shape index (κ3) is 3.97. The molecule has 2 aromatic carbocycles. The highest BCUT2D eigenvalue weighted by molar-refractivity contribution is 6.31. The first-order valence-electron chi connectivity index (χ1n) is 8.30. The van der Waals surface area contributed by atoms with Crippen LogP contribution >= 0.6 is 11.6 Å². The molecule has 3 rings (SSSR count). The van der Waals surface area contributed by atoms with Gasteiger partial charge in [0.2, 0.25) is 0 Å². The highest BCUT2D eigenvalue weighted by Crippen LogP contribution is 2.30. The summed E-state index contributed by atoms with van der Waals surface area (Å²) in [4.78, 5) is 11.0. The van der Waals surface area contributed by atoms with Crippen molar-refractivity contribution in [1.82, 2.24) is 4.57 Å². The Morgan fingerprint density at radius 2 is 1.93 bits per heavy atom. The molecule has 0 aliphatic carbocycles.